The minimum atomic E-state index is -0.277. The maximum atomic E-state index is 12.4. The van der Waals surface area contributed by atoms with Crippen molar-refractivity contribution < 1.29 is 14.3 Å². The molecule has 3 atom stereocenters. The number of esters is 1. The van der Waals surface area contributed by atoms with E-state index in [2.05, 4.69) is 61.5 Å². The van der Waals surface area contributed by atoms with Crippen molar-refractivity contribution in [2.45, 2.75) is 112 Å². The largest absolute Gasteiger partial charge is 0.487 e. The van der Waals surface area contributed by atoms with Gasteiger partial charge in [0.2, 0.25) is 0 Å². The maximum Gasteiger partial charge on any atom is 0.344 e. The van der Waals surface area contributed by atoms with Crippen LogP contribution in [0.5, 0.6) is 0 Å². The number of rotatable bonds is 8. The number of hydrogen-bond acceptors (Lipinski definition) is 3. The topological polar surface area (TPSA) is 35.5 Å². The quantitative estimate of drug-likeness (QED) is 0.397. The summed E-state index contributed by atoms with van der Waals surface area (Å²) in [5.41, 5.74) is 0.306. The summed E-state index contributed by atoms with van der Waals surface area (Å²) in [6.07, 6.45) is 11.1. The average molecular weight is 407 g/mol. The molecule has 0 heterocycles. The van der Waals surface area contributed by atoms with Crippen molar-refractivity contribution in [1.29, 1.82) is 0 Å². The van der Waals surface area contributed by atoms with Gasteiger partial charge < -0.3 is 9.47 Å². The minimum absolute atomic E-state index is 0.0432. The lowest BCUT2D eigenvalue weighted by molar-refractivity contribution is -0.161. The summed E-state index contributed by atoms with van der Waals surface area (Å²) in [5, 5.41) is 0. The molecule has 3 nitrogen and oxygen atoms in total. The summed E-state index contributed by atoms with van der Waals surface area (Å²) in [5.74, 6) is 2.46. The zero-order valence-corrected chi connectivity index (χ0v) is 20.4. The molecule has 29 heavy (non-hydrogen) atoms. The number of carbonyl (C=O) groups excluding carboxylic acids is 1. The van der Waals surface area contributed by atoms with E-state index in [0.29, 0.717) is 23.2 Å². The first-order valence-electron chi connectivity index (χ1n) is 11.9. The predicted molar refractivity (Wildman–Crippen MR) is 121 cm³/mol. The van der Waals surface area contributed by atoms with Gasteiger partial charge in [-0.15, -0.1) is 0 Å². The molecule has 3 heteroatoms. The van der Waals surface area contributed by atoms with E-state index >= 15 is 0 Å². The zero-order chi connectivity index (χ0) is 21.9. The van der Waals surface area contributed by atoms with E-state index in [4.69, 9.17) is 9.47 Å². The molecule has 0 bridgehead atoms. The number of ether oxygens (including phenoxy) is 2. The molecule has 2 aliphatic rings. The molecule has 0 aromatic rings. The fourth-order valence-electron chi connectivity index (χ4n) is 5.17. The van der Waals surface area contributed by atoms with E-state index in [1.54, 1.807) is 0 Å². The molecule has 0 N–H and O–H groups in total. The van der Waals surface area contributed by atoms with E-state index in [0.717, 1.165) is 37.9 Å². The summed E-state index contributed by atoms with van der Waals surface area (Å²) in [4.78, 5) is 12.4. The van der Waals surface area contributed by atoms with Gasteiger partial charge in [0.05, 0.1) is 5.76 Å². The molecule has 0 aromatic carbocycles. The van der Waals surface area contributed by atoms with Crippen molar-refractivity contribution in [3.05, 3.63) is 11.8 Å². The van der Waals surface area contributed by atoms with Crippen molar-refractivity contribution in [3.63, 3.8) is 0 Å². The molecule has 168 valence electrons. The van der Waals surface area contributed by atoms with Crippen LogP contribution in [0.15, 0.2) is 11.8 Å². The highest BCUT2D eigenvalue weighted by Gasteiger charge is 2.38. The second-order valence-corrected chi connectivity index (χ2v) is 12.0. The predicted octanol–water partition coefficient (Wildman–Crippen LogP) is 7.30. The molecule has 1 saturated carbocycles. The normalized spacial score (nSPS) is 26.0. The van der Waals surface area contributed by atoms with Crippen molar-refractivity contribution in [3.8, 4) is 0 Å². The van der Waals surface area contributed by atoms with Crippen LogP contribution in [0.1, 0.15) is 107 Å². The van der Waals surface area contributed by atoms with Crippen LogP contribution in [0, 0.1) is 28.6 Å². The molecule has 2 aliphatic carbocycles. The van der Waals surface area contributed by atoms with Gasteiger partial charge in [0.1, 0.15) is 5.60 Å². The smallest absolute Gasteiger partial charge is 0.344 e. The zero-order valence-electron chi connectivity index (χ0n) is 20.4. The van der Waals surface area contributed by atoms with Crippen LogP contribution in [0.25, 0.3) is 0 Å². The minimum Gasteiger partial charge on any atom is -0.487 e. The Balaban J connectivity index is 2.04. The first-order valence-corrected chi connectivity index (χ1v) is 11.9. The molecule has 0 aliphatic heterocycles. The summed E-state index contributed by atoms with van der Waals surface area (Å²) in [7, 11) is 0. The van der Waals surface area contributed by atoms with E-state index in [1.165, 1.54) is 19.3 Å². The lowest BCUT2D eigenvalue weighted by atomic mass is 9.63. The molecular formula is C26H46O3. The third kappa shape index (κ3) is 7.33. The first kappa shape index (κ1) is 24.3. The Bertz CT molecular complexity index is 575. The maximum absolute atomic E-state index is 12.4. The molecule has 1 fully saturated rings. The second kappa shape index (κ2) is 9.43. The van der Waals surface area contributed by atoms with Crippen molar-refractivity contribution in [2.75, 3.05) is 6.61 Å². The molecule has 0 spiro atoms. The summed E-state index contributed by atoms with van der Waals surface area (Å²) >= 11 is 0. The lowest BCUT2D eigenvalue weighted by Crippen LogP contribution is -2.34. The van der Waals surface area contributed by atoms with E-state index in [-0.39, 0.29) is 23.6 Å². The molecule has 2 rings (SSSR count). The van der Waals surface area contributed by atoms with Crippen LogP contribution in [0.4, 0.5) is 0 Å². The van der Waals surface area contributed by atoms with Gasteiger partial charge >= 0.3 is 5.97 Å². The number of carbonyl (C=O) groups is 1. The highest BCUT2D eigenvalue weighted by molar-refractivity contribution is 5.71. The third-order valence-corrected chi connectivity index (χ3v) is 7.38. The number of hydrogen-bond donors (Lipinski definition) is 0. The Morgan fingerprint density at radius 2 is 1.83 bits per heavy atom. The van der Waals surface area contributed by atoms with E-state index in [9.17, 15) is 4.79 Å². The van der Waals surface area contributed by atoms with Gasteiger partial charge in [-0.05, 0) is 80.1 Å². The summed E-state index contributed by atoms with van der Waals surface area (Å²) < 4.78 is 11.7. The van der Waals surface area contributed by atoms with Gasteiger partial charge in [-0.1, -0.05) is 54.9 Å². The standard InChI is InChI=1S/C26H46O3/c1-9-25(6,7)17-22(24(3,4)5)20-14-19(2)15-21(16-20)28-18-23(27)29-26(8)12-10-11-13-26/h16,19-20,22H,9-15,17-18H2,1-8H3. The first-order chi connectivity index (χ1) is 13.3. The highest BCUT2D eigenvalue weighted by atomic mass is 16.6. The van der Waals surface area contributed by atoms with Gasteiger partial charge in [-0.3, -0.25) is 0 Å². The fraction of sp³-hybridized carbons (Fsp3) is 0.885. The van der Waals surface area contributed by atoms with Crippen LogP contribution in [0.3, 0.4) is 0 Å². The molecule has 0 radical (unpaired) electrons. The van der Waals surface area contributed by atoms with Crippen molar-refractivity contribution in [1.82, 2.24) is 0 Å². The van der Waals surface area contributed by atoms with Gasteiger partial charge in [0, 0.05) is 6.42 Å². The molecule has 0 saturated heterocycles. The lowest BCUT2D eigenvalue weighted by Gasteiger charge is -2.43. The number of allylic oxidation sites excluding steroid dienone is 2. The average Bonchev–Trinajstić information content (AvgIpc) is 3.02. The monoisotopic (exact) mass is 406 g/mol. The summed E-state index contributed by atoms with van der Waals surface area (Å²) in [6.45, 7) is 18.6. The Morgan fingerprint density at radius 1 is 1.21 bits per heavy atom. The van der Waals surface area contributed by atoms with E-state index < -0.39 is 0 Å². The van der Waals surface area contributed by atoms with Crippen LogP contribution in [-0.2, 0) is 14.3 Å². The van der Waals surface area contributed by atoms with Crippen molar-refractivity contribution in [2.24, 2.45) is 28.6 Å². The van der Waals surface area contributed by atoms with Gasteiger partial charge in [-0.2, -0.15) is 0 Å². The van der Waals surface area contributed by atoms with Gasteiger partial charge in [0.15, 0.2) is 6.61 Å². The van der Waals surface area contributed by atoms with Crippen LogP contribution in [0.2, 0.25) is 0 Å². The van der Waals surface area contributed by atoms with Crippen LogP contribution < -0.4 is 0 Å². The van der Waals surface area contributed by atoms with Gasteiger partial charge in [-0.25, -0.2) is 4.79 Å². The Kier molecular flexibility index (Phi) is 7.90. The Labute approximate surface area is 180 Å². The molecule has 0 aromatic heterocycles. The second-order valence-electron chi connectivity index (χ2n) is 12.0. The Hall–Kier alpha value is -0.990. The van der Waals surface area contributed by atoms with Gasteiger partial charge in [0.25, 0.3) is 0 Å². The molecule has 0 amide bonds. The fourth-order valence-corrected chi connectivity index (χ4v) is 5.17. The van der Waals surface area contributed by atoms with Crippen LogP contribution in [-0.4, -0.2) is 18.2 Å². The Morgan fingerprint density at radius 3 is 2.38 bits per heavy atom. The molecular weight excluding hydrogens is 360 g/mol. The highest BCUT2D eigenvalue weighted by Crippen LogP contribution is 2.46. The molecule has 3 unspecified atom stereocenters. The SMILES string of the molecule is CCC(C)(C)CC(C1C=C(OCC(=O)OC2(C)CCCC2)CC(C)C1)C(C)(C)C. The summed E-state index contributed by atoms with van der Waals surface area (Å²) in [6, 6.07) is 0. The third-order valence-electron chi connectivity index (χ3n) is 7.38. The van der Waals surface area contributed by atoms with Crippen molar-refractivity contribution >= 4 is 5.97 Å². The van der Waals surface area contributed by atoms with Crippen LogP contribution >= 0.6 is 0 Å². The van der Waals surface area contributed by atoms with E-state index in [1.807, 2.05) is 0 Å².